The third kappa shape index (κ3) is 4.36. The first-order valence-electron chi connectivity index (χ1n) is 9.11. The van der Waals surface area contributed by atoms with Crippen molar-refractivity contribution in [2.75, 3.05) is 19.7 Å². The van der Waals surface area contributed by atoms with Crippen molar-refractivity contribution in [3.63, 3.8) is 0 Å². The molecule has 0 saturated carbocycles. The summed E-state index contributed by atoms with van der Waals surface area (Å²) in [5.41, 5.74) is 2.02. The molecule has 0 unspecified atom stereocenters. The average molecular weight is 368 g/mol. The SMILES string of the molecule is CCCN1CCO[C@@H]2c3cc(OC(=O)C(C)(C)C)ccc3CC[C@H]21.Cl. The van der Waals surface area contributed by atoms with Crippen LogP contribution in [-0.4, -0.2) is 36.6 Å². The molecule has 1 aliphatic heterocycles. The van der Waals surface area contributed by atoms with Crippen LogP contribution in [0, 0.1) is 5.41 Å². The van der Waals surface area contributed by atoms with E-state index < -0.39 is 5.41 Å². The lowest BCUT2D eigenvalue weighted by atomic mass is 9.84. The minimum Gasteiger partial charge on any atom is -0.426 e. The lowest BCUT2D eigenvalue weighted by Gasteiger charge is -2.44. The molecule has 0 spiro atoms. The van der Waals surface area contributed by atoms with Crippen LogP contribution in [0.3, 0.4) is 0 Å². The van der Waals surface area contributed by atoms with E-state index in [1.807, 2.05) is 32.9 Å². The molecule has 0 bridgehead atoms. The molecule has 1 saturated heterocycles. The Kier molecular flexibility index (Phi) is 6.52. The zero-order valence-corrected chi connectivity index (χ0v) is 16.5. The monoisotopic (exact) mass is 367 g/mol. The Morgan fingerprint density at radius 1 is 1.36 bits per heavy atom. The number of rotatable bonds is 3. The highest BCUT2D eigenvalue weighted by molar-refractivity contribution is 5.85. The Morgan fingerprint density at radius 3 is 2.80 bits per heavy atom. The van der Waals surface area contributed by atoms with Gasteiger partial charge >= 0.3 is 5.97 Å². The van der Waals surface area contributed by atoms with Crippen LogP contribution in [0.5, 0.6) is 5.75 Å². The zero-order chi connectivity index (χ0) is 17.3. The second-order valence-corrected chi connectivity index (χ2v) is 7.93. The lowest BCUT2D eigenvalue weighted by molar-refractivity contribution is -0.143. The van der Waals surface area contributed by atoms with Crippen molar-refractivity contribution in [1.82, 2.24) is 4.90 Å². The summed E-state index contributed by atoms with van der Waals surface area (Å²) < 4.78 is 11.7. The van der Waals surface area contributed by atoms with E-state index >= 15 is 0 Å². The Hall–Kier alpha value is -1.10. The van der Waals surface area contributed by atoms with Gasteiger partial charge in [0.05, 0.1) is 18.1 Å². The largest absolute Gasteiger partial charge is 0.426 e. The van der Waals surface area contributed by atoms with E-state index in [1.165, 1.54) is 17.5 Å². The molecule has 25 heavy (non-hydrogen) atoms. The number of carbonyl (C=O) groups excluding carboxylic acids is 1. The van der Waals surface area contributed by atoms with Crippen LogP contribution in [-0.2, 0) is 16.0 Å². The van der Waals surface area contributed by atoms with Gasteiger partial charge in [0.2, 0.25) is 0 Å². The molecule has 2 aliphatic rings. The number of morpholine rings is 1. The van der Waals surface area contributed by atoms with Crippen molar-refractivity contribution >= 4 is 18.4 Å². The highest BCUT2D eigenvalue weighted by Gasteiger charge is 2.37. The number of halogens is 1. The topological polar surface area (TPSA) is 38.8 Å². The van der Waals surface area contributed by atoms with Crippen LogP contribution < -0.4 is 4.74 Å². The third-order valence-electron chi connectivity index (χ3n) is 4.96. The summed E-state index contributed by atoms with van der Waals surface area (Å²) in [5, 5.41) is 0. The third-order valence-corrected chi connectivity index (χ3v) is 4.96. The highest BCUT2D eigenvalue weighted by Crippen LogP contribution is 2.39. The van der Waals surface area contributed by atoms with Gasteiger partial charge < -0.3 is 9.47 Å². The molecule has 1 heterocycles. The first kappa shape index (κ1) is 20.2. The van der Waals surface area contributed by atoms with Gasteiger partial charge in [-0.2, -0.15) is 0 Å². The molecule has 1 aromatic carbocycles. The summed E-state index contributed by atoms with van der Waals surface area (Å²) >= 11 is 0. The number of esters is 1. The van der Waals surface area contributed by atoms with Gasteiger partial charge in [-0.15, -0.1) is 12.4 Å². The van der Waals surface area contributed by atoms with Crippen LogP contribution in [0.4, 0.5) is 0 Å². The Morgan fingerprint density at radius 2 is 2.12 bits per heavy atom. The fraction of sp³-hybridized carbons (Fsp3) is 0.650. The molecule has 1 aromatic rings. The molecular weight excluding hydrogens is 338 g/mol. The smallest absolute Gasteiger partial charge is 0.316 e. The molecule has 0 amide bonds. The summed E-state index contributed by atoms with van der Waals surface area (Å²) in [6.45, 7) is 10.8. The Balaban J connectivity index is 0.00000225. The summed E-state index contributed by atoms with van der Waals surface area (Å²) in [6, 6.07) is 6.47. The molecule has 1 fully saturated rings. The zero-order valence-electron chi connectivity index (χ0n) is 15.7. The number of aryl methyl sites for hydroxylation is 1. The van der Waals surface area contributed by atoms with Crippen LogP contribution >= 0.6 is 12.4 Å². The summed E-state index contributed by atoms with van der Waals surface area (Å²) in [7, 11) is 0. The van der Waals surface area contributed by atoms with Crippen LogP contribution in [0.1, 0.15) is 57.8 Å². The van der Waals surface area contributed by atoms with E-state index in [9.17, 15) is 4.79 Å². The van der Waals surface area contributed by atoms with E-state index in [4.69, 9.17) is 9.47 Å². The van der Waals surface area contributed by atoms with Gasteiger partial charge in [-0.1, -0.05) is 13.0 Å². The van der Waals surface area contributed by atoms with E-state index in [1.54, 1.807) is 0 Å². The molecular formula is C20H30ClNO3. The summed E-state index contributed by atoms with van der Waals surface area (Å²) in [4.78, 5) is 14.7. The molecule has 4 nitrogen and oxygen atoms in total. The maximum atomic E-state index is 12.2. The van der Waals surface area contributed by atoms with E-state index in [2.05, 4.69) is 17.9 Å². The first-order valence-corrected chi connectivity index (χ1v) is 9.11. The van der Waals surface area contributed by atoms with Crippen LogP contribution in [0.2, 0.25) is 0 Å². The molecule has 3 rings (SSSR count). The Bertz CT molecular complexity index is 609. The van der Waals surface area contributed by atoms with Crippen molar-refractivity contribution in [3.05, 3.63) is 29.3 Å². The van der Waals surface area contributed by atoms with Gasteiger partial charge in [0.15, 0.2) is 0 Å². The molecule has 140 valence electrons. The molecule has 0 radical (unpaired) electrons. The maximum absolute atomic E-state index is 12.2. The minimum atomic E-state index is -0.502. The normalized spacial score (nSPS) is 23.2. The minimum absolute atomic E-state index is 0. The fourth-order valence-electron chi connectivity index (χ4n) is 3.65. The quantitative estimate of drug-likeness (QED) is 0.594. The first-order chi connectivity index (χ1) is 11.4. The number of hydrogen-bond acceptors (Lipinski definition) is 4. The second kappa shape index (κ2) is 8.07. The van der Waals surface area contributed by atoms with Crippen LogP contribution in [0.25, 0.3) is 0 Å². The predicted octanol–water partition coefficient (Wildman–Crippen LogP) is 4.16. The van der Waals surface area contributed by atoms with Gasteiger partial charge in [-0.3, -0.25) is 9.69 Å². The predicted molar refractivity (Wildman–Crippen MR) is 101 cm³/mol. The fourth-order valence-corrected chi connectivity index (χ4v) is 3.65. The number of fused-ring (bicyclic) bond motifs is 3. The number of carbonyl (C=O) groups is 1. The van der Waals surface area contributed by atoms with Crippen LogP contribution in [0.15, 0.2) is 18.2 Å². The van der Waals surface area contributed by atoms with Crippen molar-refractivity contribution in [3.8, 4) is 5.75 Å². The van der Waals surface area contributed by atoms with E-state index in [-0.39, 0.29) is 24.5 Å². The number of hydrogen-bond donors (Lipinski definition) is 0. The van der Waals surface area contributed by atoms with E-state index in [0.29, 0.717) is 11.8 Å². The molecule has 1 aliphatic carbocycles. The van der Waals surface area contributed by atoms with Gasteiger partial charge in [0.1, 0.15) is 5.75 Å². The van der Waals surface area contributed by atoms with Crippen molar-refractivity contribution in [2.45, 2.75) is 59.1 Å². The summed E-state index contributed by atoms with van der Waals surface area (Å²) in [5.74, 6) is 0.428. The molecule has 5 heteroatoms. The van der Waals surface area contributed by atoms with E-state index in [0.717, 1.165) is 32.5 Å². The number of benzene rings is 1. The maximum Gasteiger partial charge on any atom is 0.316 e. The molecule has 2 atom stereocenters. The average Bonchev–Trinajstić information content (AvgIpc) is 2.54. The lowest BCUT2D eigenvalue weighted by Crippen LogP contribution is -2.49. The van der Waals surface area contributed by atoms with Gasteiger partial charge in [0, 0.05) is 12.6 Å². The number of nitrogens with zero attached hydrogens (tertiary/aromatic N) is 1. The van der Waals surface area contributed by atoms with Gasteiger partial charge in [-0.25, -0.2) is 0 Å². The number of ether oxygens (including phenoxy) is 2. The second-order valence-electron chi connectivity index (χ2n) is 7.93. The van der Waals surface area contributed by atoms with Gasteiger partial charge in [-0.05, 0) is 69.8 Å². The van der Waals surface area contributed by atoms with Gasteiger partial charge in [0.25, 0.3) is 0 Å². The van der Waals surface area contributed by atoms with Crippen molar-refractivity contribution < 1.29 is 14.3 Å². The standard InChI is InChI=1S/C20H29NO3.ClH/c1-5-10-21-11-12-23-18-16-13-15(24-19(22)20(2,3)4)8-6-14(16)7-9-17(18)21;/h6,8,13,17-18H,5,7,9-12H2,1-4H3;1H/t17-,18-;/m1./s1. The molecule has 0 aromatic heterocycles. The Labute approximate surface area is 157 Å². The van der Waals surface area contributed by atoms with Crippen molar-refractivity contribution in [2.24, 2.45) is 5.41 Å². The highest BCUT2D eigenvalue weighted by atomic mass is 35.5. The molecule has 0 N–H and O–H groups in total. The van der Waals surface area contributed by atoms with Crippen molar-refractivity contribution in [1.29, 1.82) is 0 Å². The summed E-state index contributed by atoms with van der Waals surface area (Å²) in [6.07, 6.45) is 3.47.